The average Bonchev–Trinajstić information content (AvgIpc) is 2.04. The Bertz CT molecular complexity index is 134. The topological polar surface area (TPSA) is 35.5 Å². The van der Waals surface area contributed by atoms with E-state index < -0.39 is 0 Å². The van der Waals surface area contributed by atoms with E-state index in [0.29, 0.717) is 6.61 Å². The van der Waals surface area contributed by atoms with Gasteiger partial charge in [-0.3, -0.25) is 4.79 Å². The van der Waals surface area contributed by atoms with Crippen molar-refractivity contribution in [2.75, 3.05) is 13.2 Å². The SMILES string of the molecule is CCCCOC(C)CCOC(C)=O. The van der Waals surface area contributed by atoms with E-state index in [-0.39, 0.29) is 12.1 Å². The van der Waals surface area contributed by atoms with Crippen LogP contribution in [0.4, 0.5) is 0 Å². The van der Waals surface area contributed by atoms with E-state index in [4.69, 9.17) is 9.47 Å². The number of carbonyl (C=O) groups is 1. The summed E-state index contributed by atoms with van der Waals surface area (Å²) in [5.41, 5.74) is 0. The Balaban J connectivity index is 3.19. The Morgan fingerprint density at radius 1 is 1.38 bits per heavy atom. The third-order valence-electron chi connectivity index (χ3n) is 1.73. The van der Waals surface area contributed by atoms with E-state index in [1.165, 1.54) is 6.92 Å². The molecule has 0 bridgehead atoms. The normalized spacial score (nSPS) is 12.5. The first kappa shape index (κ1) is 12.4. The molecule has 0 amide bonds. The lowest BCUT2D eigenvalue weighted by Crippen LogP contribution is -2.13. The minimum atomic E-state index is -0.222. The highest BCUT2D eigenvalue weighted by Crippen LogP contribution is 2.00. The van der Waals surface area contributed by atoms with Crippen molar-refractivity contribution in [3.8, 4) is 0 Å². The largest absolute Gasteiger partial charge is 0.466 e. The van der Waals surface area contributed by atoms with Gasteiger partial charge in [-0.05, 0) is 13.3 Å². The number of hydrogen-bond donors (Lipinski definition) is 0. The molecule has 0 aromatic heterocycles. The first-order valence-corrected chi connectivity index (χ1v) is 4.91. The number of ether oxygens (including phenoxy) is 2. The second kappa shape index (κ2) is 8.05. The zero-order chi connectivity index (χ0) is 10.1. The molecule has 1 unspecified atom stereocenters. The molecule has 3 nitrogen and oxygen atoms in total. The van der Waals surface area contributed by atoms with Gasteiger partial charge in [0.25, 0.3) is 0 Å². The Morgan fingerprint density at radius 3 is 2.62 bits per heavy atom. The van der Waals surface area contributed by atoms with Crippen LogP contribution in [0.2, 0.25) is 0 Å². The van der Waals surface area contributed by atoms with E-state index in [1.807, 2.05) is 6.92 Å². The van der Waals surface area contributed by atoms with Gasteiger partial charge in [0.05, 0.1) is 12.7 Å². The molecule has 0 heterocycles. The van der Waals surface area contributed by atoms with E-state index in [1.54, 1.807) is 0 Å². The minimum Gasteiger partial charge on any atom is -0.466 e. The molecule has 0 fully saturated rings. The van der Waals surface area contributed by atoms with Crippen molar-refractivity contribution in [1.29, 1.82) is 0 Å². The van der Waals surface area contributed by atoms with Crippen molar-refractivity contribution in [2.45, 2.75) is 46.1 Å². The number of carbonyl (C=O) groups excluding carboxylic acids is 1. The maximum Gasteiger partial charge on any atom is 0.302 e. The summed E-state index contributed by atoms with van der Waals surface area (Å²) >= 11 is 0. The number of rotatable bonds is 7. The molecule has 13 heavy (non-hydrogen) atoms. The first-order valence-electron chi connectivity index (χ1n) is 4.91. The third-order valence-corrected chi connectivity index (χ3v) is 1.73. The summed E-state index contributed by atoms with van der Waals surface area (Å²) in [7, 11) is 0. The molecule has 0 rings (SSSR count). The Labute approximate surface area is 80.4 Å². The molecule has 0 aliphatic rings. The van der Waals surface area contributed by atoms with Gasteiger partial charge in [0.15, 0.2) is 0 Å². The predicted molar refractivity (Wildman–Crippen MR) is 51.6 cm³/mol. The zero-order valence-corrected chi connectivity index (χ0v) is 8.84. The van der Waals surface area contributed by atoms with E-state index >= 15 is 0 Å². The zero-order valence-electron chi connectivity index (χ0n) is 8.84. The Morgan fingerprint density at radius 2 is 2.08 bits per heavy atom. The van der Waals surface area contributed by atoms with E-state index in [0.717, 1.165) is 25.9 Å². The molecule has 3 heteroatoms. The average molecular weight is 188 g/mol. The fourth-order valence-electron chi connectivity index (χ4n) is 0.881. The Kier molecular flexibility index (Phi) is 7.69. The maximum absolute atomic E-state index is 10.4. The van der Waals surface area contributed by atoms with Crippen LogP contribution in [0.15, 0.2) is 0 Å². The van der Waals surface area contributed by atoms with Gasteiger partial charge in [-0.15, -0.1) is 0 Å². The van der Waals surface area contributed by atoms with Gasteiger partial charge in [-0.1, -0.05) is 13.3 Å². The molecule has 0 aliphatic carbocycles. The van der Waals surface area contributed by atoms with Crippen LogP contribution in [0.25, 0.3) is 0 Å². The van der Waals surface area contributed by atoms with Crippen molar-refractivity contribution in [1.82, 2.24) is 0 Å². The third kappa shape index (κ3) is 9.34. The van der Waals surface area contributed by atoms with Crippen molar-refractivity contribution in [3.63, 3.8) is 0 Å². The second-order valence-corrected chi connectivity index (χ2v) is 3.16. The second-order valence-electron chi connectivity index (χ2n) is 3.16. The van der Waals surface area contributed by atoms with Gasteiger partial charge in [0, 0.05) is 20.0 Å². The minimum absolute atomic E-state index is 0.186. The highest BCUT2D eigenvalue weighted by Gasteiger charge is 2.02. The molecular formula is C10H20O3. The molecule has 0 N–H and O–H groups in total. The van der Waals surface area contributed by atoms with Gasteiger partial charge < -0.3 is 9.47 Å². The molecule has 1 atom stereocenters. The van der Waals surface area contributed by atoms with Gasteiger partial charge in [-0.2, -0.15) is 0 Å². The summed E-state index contributed by atoms with van der Waals surface area (Å²) in [6.07, 6.45) is 3.21. The molecular weight excluding hydrogens is 168 g/mol. The van der Waals surface area contributed by atoms with Gasteiger partial charge >= 0.3 is 5.97 Å². The number of hydrogen-bond acceptors (Lipinski definition) is 3. The van der Waals surface area contributed by atoms with Crippen LogP contribution in [0, 0.1) is 0 Å². The first-order chi connectivity index (χ1) is 6.16. The molecule has 0 spiro atoms. The smallest absolute Gasteiger partial charge is 0.302 e. The van der Waals surface area contributed by atoms with Gasteiger partial charge in [-0.25, -0.2) is 0 Å². The summed E-state index contributed by atoms with van der Waals surface area (Å²) < 4.78 is 10.3. The predicted octanol–water partition coefficient (Wildman–Crippen LogP) is 2.14. The Hall–Kier alpha value is -0.570. The highest BCUT2D eigenvalue weighted by molar-refractivity contribution is 5.65. The van der Waals surface area contributed by atoms with Crippen LogP contribution in [-0.2, 0) is 14.3 Å². The lowest BCUT2D eigenvalue weighted by Gasteiger charge is -2.12. The van der Waals surface area contributed by atoms with Gasteiger partial charge in [0.2, 0.25) is 0 Å². The van der Waals surface area contributed by atoms with E-state index in [9.17, 15) is 4.79 Å². The van der Waals surface area contributed by atoms with Crippen molar-refractivity contribution >= 4 is 5.97 Å². The summed E-state index contributed by atoms with van der Waals surface area (Å²) in [6, 6.07) is 0. The van der Waals surface area contributed by atoms with E-state index in [2.05, 4.69) is 6.92 Å². The molecule has 0 saturated carbocycles. The summed E-state index contributed by atoms with van der Waals surface area (Å²) in [5.74, 6) is -0.222. The molecule has 0 radical (unpaired) electrons. The van der Waals surface area contributed by atoms with Crippen molar-refractivity contribution < 1.29 is 14.3 Å². The molecule has 0 aromatic carbocycles. The number of unbranched alkanes of at least 4 members (excludes halogenated alkanes) is 1. The van der Waals surface area contributed by atoms with Crippen LogP contribution in [-0.4, -0.2) is 25.3 Å². The van der Waals surface area contributed by atoms with Gasteiger partial charge in [0.1, 0.15) is 0 Å². The summed E-state index contributed by atoms with van der Waals surface area (Å²) in [6.45, 7) is 6.81. The van der Waals surface area contributed by atoms with Crippen molar-refractivity contribution in [3.05, 3.63) is 0 Å². The fraction of sp³-hybridized carbons (Fsp3) is 0.900. The lowest BCUT2D eigenvalue weighted by atomic mass is 10.3. The lowest BCUT2D eigenvalue weighted by molar-refractivity contribution is -0.141. The molecule has 78 valence electrons. The molecule has 0 saturated heterocycles. The highest BCUT2D eigenvalue weighted by atomic mass is 16.5. The van der Waals surface area contributed by atoms with Crippen molar-refractivity contribution in [2.24, 2.45) is 0 Å². The summed E-state index contributed by atoms with van der Waals surface area (Å²) in [5, 5.41) is 0. The maximum atomic E-state index is 10.4. The standard InChI is InChI=1S/C10H20O3/c1-4-5-7-12-9(2)6-8-13-10(3)11/h9H,4-8H2,1-3H3. The van der Waals surface area contributed by atoms with Crippen LogP contribution in [0.5, 0.6) is 0 Å². The summed E-state index contributed by atoms with van der Waals surface area (Å²) in [4.78, 5) is 10.4. The quantitative estimate of drug-likeness (QED) is 0.453. The fourth-order valence-corrected chi connectivity index (χ4v) is 0.881. The van der Waals surface area contributed by atoms with Crippen LogP contribution >= 0.6 is 0 Å². The number of esters is 1. The van der Waals surface area contributed by atoms with Crippen LogP contribution in [0.3, 0.4) is 0 Å². The van der Waals surface area contributed by atoms with Crippen LogP contribution < -0.4 is 0 Å². The van der Waals surface area contributed by atoms with Crippen LogP contribution in [0.1, 0.15) is 40.0 Å². The molecule has 0 aliphatic heterocycles. The monoisotopic (exact) mass is 188 g/mol. The molecule has 0 aromatic rings.